The van der Waals surface area contributed by atoms with Gasteiger partial charge in [-0.1, -0.05) is 36.4 Å². The van der Waals surface area contributed by atoms with E-state index < -0.39 is 17.6 Å². The van der Waals surface area contributed by atoms with Gasteiger partial charge in [-0.25, -0.2) is 8.78 Å². The monoisotopic (exact) mass is 521 g/mol. The Balaban J connectivity index is 1.30. The second-order valence-electron chi connectivity index (χ2n) is 9.85. The summed E-state index contributed by atoms with van der Waals surface area (Å²) < 4.78 is 27.9. The number of aliphatic carboxylic acids is 1. The minimum atomic E-state index is -0.709. The second-order valence-corrected chi connectivity index (χ2v) is 11.0. The van der Waals surface area contributed by atoms with E-state index in [0.29, 0.717) is 18.7 Å². The fourth-order valence-electron chi connectivity index (χ4n) is 4.51. The zero-order chi connectivity index (χ0) is 26.4. The third kappa shape index (κ3) is 7.76. The lowest BCUT2D eigenvalue weighted by Gasteiger charge is -2.36. The van der Waals surface area contributed by atoms with Gasteiger partial charge >= 0.3 is 5.97 Å². The van der Waals surface area contributed by atoms with E-state index in [0.717, 1.165) is 48.8 Å². The summed E-state index contributed by atoms with van der Waals surface area (Å²) in [6.45, 7) is 6.16. The molecule has 0 aliphatic carbocycles. The molecule has 0 aromatic heterocycles. The van der Waals surface area contributed by atoms with Crippen molar-refractivity contribution in [1.29, 1.82) is 0 Å². The van der Waals surface area contributed by atoms with E-state index in [1.54, 1.807) is 11.8 Å². The van der Waals surface area contributed by atoms with Crippen molar-refractivity contribution in [1.82, 2.24) is 4.90 Å². The SMILES string of the molecule is Cc1ccc(/C=C(/CCCCSc2ccc(CN3CC(C(=O)O)C3)cc2)c2cc(F)cc(F)c2)cc1C. The number of carboxylic acid groups (broad SMARTS) is 1. The zero-order valence-electron chi connectivity index (χ0n) is 21.3. The number of aryl methyl sites for hydroxylation is 2. The Morgan fingerprint density at radius 3 is 2.32 bits per heavy atom. The lowest BCUT2D eigenvalue weighted by molar-refractivity contribution is -0.147. The van der Waals surface area contributed by atoms with Crippen LogP contribution in [0.25, 0.3) is 11.6 Å². The van der Waals surface area contributed by atoms with E-state index in [4.69, 9.17) is 5.11 Å². The van der Waals surface area contributed by atoms with E-state index in [9.17, 15) is 13.6 Å². The number of halogens is 2. The van der Waals surface area contributed by atoms with Gasteiger partial charge in [0.1, 0.15) is 11.6 Å². The van der Waals surface area contributed by atoms with Crippen molar-refractivity contribution in [3.63, 3.8) is 0 Å². The van der Waals surface area contributed by atoms with Crippen molar-refractivity contribution in [3.05, 3.63) is 100 Å². The third-order valence-electron chi connectivity index (χ3n) is 6.85. The van der Waals surface area contributed by atoms with Gasteiger partial charge < -0.3 is 5.11 Å². The molecule has 3 aromatic rings. The van der Waals surface area contributed by atoms with Crippen LogP contribution in [0.5, 0.6) is 0 Å². The maximum absolute atomic E-state index is 13.9. The molecule has 37 heavy (non-hydrogen) atoms. The Bertz CT molecular complexity index is 1250. The van der Waals surface area contributed by atoms with Crippen LogP contribution in [-0.4, -0.2) is 34.8 Å². The van der Waals surface area contributed by atoms with E-state index in [2.05, 4.69) is 55.1 Å². The standard InChI is InChI=1S/C31H33F2NO2S/c1-21-6-7-24(13-22(21)2)14-25(26-15-28(32)17-29(33)16-26)5-3-4-12-37-30-10-8-23(9-11-30)18-34-19-27(20-34)31(35)36/h6-11,13-17,27H,3-5,12,18-20H2,1-2H3,(H,35,36)/b25-14-. The fourth-order valence-corrected chi connectivity index (χ4v) is 5.42. The van der Waals surface area contributed by atoms with Crippen molar-refractivity contribution in [2.75, 3.05) is 18.8 Å². The molecule has 1 aliphatic rings. The smallest absolute Gasteiger partial charge is 0.309 e. The highest BCUT2D eigenvalue weighted by Gasteiger charge is 2.32. The van der Waals surface area contributed by atoms with Gasteiger partial charge in [-0.15, -0.1) is 11.8 Å². The minimum Gasteiger partial charge on any atom is -0.481 e. The number of hydrogen-bond acceptors (Lipinski definition) is 3. The molecular formula is C31H33F2NO2S. The molecule has 0 atom stereocenters. The number of unbranched alkanes of at least 4 members (excludes halogenated alkanes) is 1. The topological polar surface area (TPSA) is 40.5 Å². The highest BCUT2D eigenvalue weighted by atomic mass is 32.2. The quantitative estimate of drug-likeness (QED) is 0.160. The summed E-state index contributed by atoms with van der Waals surface area (Å²) in [6.07, 6.45) is 4.68. The average Bonchev–Trinajstić information content (AvgIpc) is 2.82. The largest absolute Gasteiger partial charge is 0.481 e. The Morgan fingerprint density at radius 2 is 1.68 bits per heavy atom. The predicted octanol–water partition coefficient (Wildman–Crippen LogP) is 7.60. The summed E-state index contributed by atoms with van der Waals surface area (Å²) in [7, 11) is 0. The molecule has 0 radical (unpaired) electrons. The Kier molecular flexibility index (Phi) is 9.17. The number of hydrogen-bond donors (Lipinski definition) is 1. The lowest BCUT2D eigenvalue weighted by atomic mass is 9.96. The first-order valence-electron chi connectivity index (χ1n) is 12.7. The van der Waals surface area contributed by atoms with Gasteiger partial charge in [0.25, 0.3) is 0 Å². The Morgan fingerprint density at radius 1 is 0.973 bits per heavy atom. The van der Waals surface area contributed by atoms with E-state index in [1.165, 1.54) is 33.7 Å². The number of allylic oxidation sites excluding steroid dienone is 1. The van der Waals surface area contributed by atoms with Crippen LogP contribution in [0.2, 0.25) is 0 Å². The van der Waals surface area contributed by atoms with E-state index in [1.807, 2.05) is 12.1 Å². The number of benzene rings is 3. The van der Waals surface area contributed by atoms with Gasteiger partial charge in [-0.2, -0.15) is 0 Å². The molecule has 1 saturated heterocycles. The summed E-state index contributed by atoms with van der Waals surface area (Å²) in [4.78, 5) is 14.3. The first-order valence-corrected chi connectivity index (χ1v) is 13.7. The predicted molar refractivity (Wildman–Crippen MR) is 148 cm³/mol. The molecule has 0 spiro atoms. The van der Waals surface area contributed by atoms with Crippen LogP contribution in [0.3, 0.4) is 0 Å². The molecular weight excluding hydrogens is 488 g/mol. The van der Waals surface area contributed by atoms with Gasteiger partial charge in [0, 0.05) is 30.6 Å². The van der Waals surface area contributed by atoms with Crippen LogP contribution in [0.15, 0.2) is 65.6 Å². The Labute approximate surface area is 222 Å². The molecule has 1 N–H and O–H groups in total. The average molecular weight is 522 g/mol. The highest BCUT2D eigenvalue weighted by molar-refractivity contribution is 7.99. The number of carboxylic acids is 1. The highest BCUT2D eigenvalue weighted by Crippen LogP contribution is 2.28. The molecule has 1 fully saturated rings. The molecule has 0 bridgehead atoms. The number of rotatable bonds is 11. The number of likely N-dealkylation sites (tertiary alicyclic amines) is 1. The molecule has 3 aromatic carbocycles. The van der Waals surface area contributed by atoms with E-state index >= 15 is 0 Å². The summed E-state index contributed by atoms with van der Waals surface area (Å²) in [6, 6.07) is 18.4. The van der Waals surface area contributed by atoms with Crippen molar-refractivity contribution in [2.45, 2.75) is 44.6 Å². The first-order chi connectivity index (χ1) is 17.8. The van der Waals surface area contributed by atoms with Crippen LogP contribution in [0.4, 0.5) is 8.78 Å². The molecule has 6 heteroatoms. The van der Waals surface area contributed by atoms with Crippen molar-refractivity contribution >= 4 is 29.4 Å². The molecule has 1 heterocycles. The number of carbonyl (C=O) groups is 1. The third-order valence-corrected chi connectivity index (χ3v) is 7.95. The van der Waals surface area contributed by atoms with Crippen LogP contribution < -0.4 is 0 Å². The second kappa shape index (κ2) is 12.5. The normalized spacial score (nSPS) is 14.5. The van der Waals surface area contributed by atoms with Crippen molar-refractivity contribution in [2.24, 2.45) is 5.92 Å². The lowest BCUT2D eigenvalue weighted by Crippen LogP contribution is -2.49. The van der Waals surface area contributed by atoms with Crippen LogP contribution >= 0.6 is 11.8 Å². The van der Waals surface area contributed by atoms with Gasteiger partial charge in [0.05, 0.1) is 5.92 Å². The molecule has 0 saturated carbocycles. The van der Waals surface area contributed by atoms with Gasteiger partial charge in [0.2, 0.25) is 0 Å². The fraction of sp³-hybridized carbons (Fsp3) is 0.323. The summed E-state index contributed by atoms with van der Waals surface area (Å²) in [5, 5.41) is 9.01. The Hall–Kier alpha value is -2.96. The minimum absolute atomic E-state index is 0.230. The molecule has 3 nitrogen and oxygen atoms in total. The molecule has 194 valence electrons. The maximum Gasteiger partial charge on any atom is 0.309 e. The number of nitrogens with zero attached hydrogens (tertiary/aromatic N) is 1. The summed E-state index contributed by atoms with van der Waals surface area (Å²) in [5.74, 6) is -1.10. The first kappa shape index (κ1) is 27.1. The summed E-state index contributed by atoms with van der Waals surface area (Å²) >= 11 is 1.80. The van der Waals surface area contributed by atoms with Crippen LogP contribution in [0.1, 0.15) is 47.1 Å². The van der Waals surface area contributed by atoms with Gasteiger partial charge in [0.15, 0.2) is 0 Å². The molecule has 0 amide bonds. The molecule has 0 unspecified atom stereocenters. The maximum atomic E-state index is 13.9. The summed E-state index contributed by atoms with van der Waals surface area (Å²) in [5.41, 5.74) is 6.16. The van der Waals surface area contributed by atoms with Crippen LogP contribution in [0, 0.1) is 31.4 Å². The zero-order valence-corrected chi connectivity index (χ0v) is 22.2. The number of thioether (sulfide) groups is 1. The van der Waals surface area contributed by atoms with Crippen molar-refractivity contribution in [3.8, 4) is 0 Å². The molecule has 4 rings (SSSR count). The van der Waals surface area contributed by atoms with E-state index in [-0.39, 0.29) is 5.92 Å². The van der Waals surface area contributed by atoms with Crippen molar-refractivity contribution < 1.29 is 18.7 Å². The molecule has 1 aliphatic heterocycles. The van der Waals surface area contributed by atoms with Gasteiger partial charge in [-0.3, -0.25) is 9.69 Å². The van der Waals surface area contributed by atoms with Crippen LogP contribution in [-0.2, 0) is 11.3 Å². The van der Waals surface area contributed by atoms with Gasteiger partial charge in [-0.05, 0) is 96.5 Å².